The summed E-state index contributed by atoms with van der Waals surface area (Å²) in [7, 11) is -1.36. The lowest BCUT2D eigenvalue weighted by Crippen LogP contribution is -2.47. The summed E-state index contributed by atoms with van der Waals surface area (Å²) in [6.45, 7) is 3.07. The van der Waals surface area contributed by atoms with Crippen LogP contribution in [0, 0.1) is 0 Å². The molecule has 1 fully saturated rings. The highest BCUT2D eigenvalue weighted by Gasteiger charge is 2.27. The van der Waals surface area contributed by atoms with E-state index in [4.69, 9.17) is 5.11 Å². The van der Waals surface area contributed by atoms with Crippen LogP contribution in [0.5, 0.6) is 0 Å². The van der Waals surface area contributed by atoms with Gasteiger partial charge in [0.2, 0.25) is 10.0 Å². The Balaban J connectivity index is 2.03. The van der Waals surface area contributed by atoms with E-state index in [0.29, 0.717) is 16.7 Å². The molecule has 2 atom stereocenters. The average Bonchev–Trinajstić information content (AvgIpc) is 2.83. The second-order valence-corrected chi connectivity index (χ2v) is 8.48. The molecule has 2 unspecified atom stereocenters. The molecule has 2 N–H and O–H groups in total. The molecule has 0 saturated carbocycles. The highest BCUT2D eigenvalue weighted by atomic mass is 32.2. The van der Waals surface area contributed by atoms with Crippen molar-refractivity contribution in [3.8, 4) is 0 Å². The number of piperidine rings is 1. The zero-order chi connectivity index (χ0) is 14.8. The fourth-order valence-corrected chi connectivity index (χ4v) is 5.07. The third kappa shape index (κ3) is 3.79. The quantitative estimate of drug-likeness (QED) is 0.851. The predicted octanol–water partition coefficient (Wildman–Crippen LogP) is 1.04. The van der Waals surface area contributed by atoms with Gasteiger partial charge in [-0.25, -0.2) is 13.1 Å². The number of nitrogens with zero attached hydrogens (tertiary/aromatic N) is 1. The summed E-state index contributed by atoms with van der Waals surface area (Å²) in [4.78, 5) is 3.14. The minimum atomic E-state index is -3.43. The third-order valence-electron chi connectivity index (χ3n) is 3.79. The van der Waals surface area contributed by atoms with Gasteiger partial charge in [0, 0.05) is 30.0 Å². The van der Waals surface area contributed by atoms with Crippen LogP contribution in [-0.4, -0.2) is 50.7 Å². The van der Waals surface area contributed by atoms with Gasteiger partial charge in [0.25, 0.3) is 0 Å². The zero-order valence-corrected chi connectivity index (χ0v) is 13.5. The molecule has 5 nitrogen and oxygen atoms in total. The summed E-state index contributed by atoms with van der Waals surface area (Å²) in [5, 5.41) is 8.88. The number of hydrogen-bond acceptors (Lipinski definition) is 5. The highest BCUT2D eigenvalue weighted by molar-refractivity contribution is 7.91. The van der Waals surface area contributed by atoms with Crippen molar-refractivity contribution in [1.29, 1.82) is 0 Å². The van der Waals surface area contributed by atoms with E-state index in [1.807, 2.05) is 0 Å². The summed E-state index contributed by atoms with van der Waals surface area (Å²) in [6, 6.07) is 3.79. The first-order valence-corrected chi connectivity index (χ1v) is 9.14. The summed E-state index contributed by atoms with van der Waals surface area (Å²) < 4.78 is 27.8. The number of aliphatic hydroxyl groups is 1. The molecular weight excluding hydrogens is 296 g/mol. The highest BCUT2D eigenvalue weighted by Crippen LogP contribution is 2.24. The van der Waals surface area contributed by atoms with Crippen molar-refractivity contribution in [1.82, 2.24) is 9.62 Å². The summed E-state index contributed by atoms with van der Waals surface area (Å²) >= 11 is 1.23. The zero-order valence-electron chi connectivity index (χ0n) is 11.9. The minimum absolute atomic E-state index is 0.00888. The molecule has 1 aromatic rings. The number of sulfonamides is 1. The van der Waals surface area contributed by atoms with Gasteiger partial charge in [0.05, 0.1) is 0 Å². The maximum atomic E-state index is 12.3. The molecule has 1 saturated heterocycles. The van der Waals surface area contributed by atoms with E-state index >= 15 is 0 Å². The van der Waals surface area contributed by atoms with Gasteiger partial charge in [-0.2, -0.15) is 0 Å². The maximum Gasteiger partial charge on any atom is 0.250 e. The van der Waals surface area contributed by atoms with Gasteiger partial charge in [-0.3, -0.25) is 0 Å². The number of hydrogen-bond donors (Lipinski definition) is 2. The fourth-order valence-electron chi connectivity index (χ4n) is 2.42. The van der Waals surface area contributed by atoms with E-state index in [1.54, 1.807) is 12.1 Å². The van der Waals surface area contributed by atoms with E-state index < -0.39 is 10.0 Å². The van der Waals surface area contributed by atoms with Gasteiger partial charge >= 0.3 is 0 Å². The van der Waals surface area contributed by atoms with Crippen molar-refractivity contribution < 1.29 is 13.5 Å². The van der Waals surface area contributed by atoms with Gasteiger partial charge in [-0.15, -0.1) is 11.3 Å². The molecule has 7 heteroatoms. The molecule has 1 aliphatic rings. The Hall–Kier alpha value is -0.470. The van der Waals surface area contributed by atoms with Crippen LogP contribution in [0.15, 0.2) is 16.3 Å². The molecule has 0 radical (unpaired) electrons. The van der Waals surface area contributed by atoms with Gasteiger partial charge in [0.1, 0.15) is 4.21 Å². The van der Waals surface area contributed by atoms with Crippen LogP contribution in [0.25, 0.3) is 0 Å². The smallest absolute Gasteiger partial charge is 0.250 e. The molecule has 2 rings (SSSR count). The van der Waals surface area contributed by atoms with E-state index in [1.165, 1.54) is 11.3 Å². The van der Waals surface area contributed by atoms with Crippen LogP contribution in [-0.2, 0) is 16.4 Å². The number of nitrogens with one attached hydrogen (secondary N) is 1. The maximum absolute atomic E-state index is 12.3. The number of likely N-dealkylation sites (tertiary alicyclic amines) is 1. The Morgan fingerprint density at radius 2 is 2.25 bits per heavy atom. The van der Waals surface area contributed by atoms with E-state index in [9.17, 15) is 8.42 Å². The van der Waals surface area contributed by atoms with E-state index in [-0.39, 0.29) is 12.6 Å². The van der Waals surface area contributed by atoms with Crippen molar-refractivity contribution in [3.63, 3.8) is 0 Å². The normalized spacial score (nSPS) is 24.9. The predicted molar refractivity (Wildman–Crippen MR) is 80.5 cm³/mol. The van der Waals surface area contributed by atoms with Crippen LogP contribution in [0.2, 0.25) is 0 Å². The first-order chi connectivity index (χ1) is 9.42. The van der Waals surface area contributed by atoms with Gasteiger partial charge in [0.15, 0.2) is 0 Å². The van der Waals surface area contributed by atoms with Crippen LogP contribution in [0.1, 0.15) is 24.6 Å². The Labute approximate surface area is 124 Å². The molecule has 0 amide bonds. The lowest BCUT2D eigenvalue weighted by atomic mass is 10.0. The van der Waals surface area contributed by atoms with E-state index in [2.05, 4.69) is 23.6 Å². The van der Waals surface area contributed by atoms with Crippen molar-refractivity contribution in [2.45, 2.75) is 42.5 Å². The number of thiophene rings is 1. The lowest BCUT2D eigenvalue weighted by molar-refractivity contribution is 0.178. The van der Waals surface area contributed by atoms with Gasteiger partial charge < -0.3 is 10.0 Å². The number of aliphatic hydroxyl groups excluding tert-OH is 1. The molecular formula is C13H22N2O3S2. The van der Waals surface area contributed by atoms with Gasteiger partial charge in [-0.1, -0.05) is 0 Å². The second kappa shape index (κ2) is 6.53. The monoisotopic (exact) mass is 318 g/mol. The van der Waals surface area contributed by atoms with Crippen LogP contribution in [0.3, 0.4) is 0 Å². The molecule has 1 aromatic heterocycles. The summed E-state index contributed by atoms with van der Waals surface area (Å²) in [5.41, 5.74) is 0. The standard InChI is InChI=1S/C13H22N2O3S2/c1-10-9-11(5-7-15(10)2)14-20(17,18)13-4-3-12(19-13)6-8-16/h3-4,10-11,14,16H,5-9H2,1-2H3. The largest absolute Gasteiger partial charge is 0.396 e. The van der Waals surface area contributed by atoms with Crippen molar-refractivity contribution in [2.75, 3.05) is 20.2 Å². The molecule has 1 aliphatic heterocycles. The van der Waals surface area contributed by atoms with Crippen LogP contribution in [0.4, 0.5) is 0 Å². The lowest BCUT2D eigenvalue weighted by Gasteiger charge is -2.35. The summed E-state index contributed by atoms with van der Waals surface area (Å²) in [6.07, 6.45) is 2.19. The topological polar surface area (TPSA) is 69.6 Å². The van der Waals surface area contributed by atoms with Crippen molar-refractivity contribution >= 4 is 21.4 Å². The fraction of sp³-hybridized carbons (Fsp3) is 0.692. The molecule has 0 aliphatic carbocycles. The average molecular weight is 318 g/mol. The first-order valence-electron chi connectivity index (χ1n) is 6.84. The second-order valence-electron chi connectivity index (χ2n) is 5.37. The first kappa shape index (κ1) is 15.9. The van der Waals surface area contributed by atoms with E-state index in [0.717, 1.165) is 24.3 Å². The minimum Gasteiger partial charge on any atom is -0.396 e. The molecule has 0 bridgehead atoms. The molecule has 2 heterocycles. The van der Waals surface area contributed by atoms with Crippen LogP contribution < -0.4 is 4.72 Å². The van der Waals surface area contributed by atoms with Gasteiger partial charge in [-0.05, 0) is 45.5 Å². The molecule has 20 heavy (non-hydrogen) atoms. The Kier molecular flexibility index (Phi) is 5.19. The number of rotatable bonds is 5. The molecule has 0 spiro atoms. The SMILES string of the molecule is CC1CC(NS(=O)(=O)c2ccc(CCO)s2)CCN1C. The molecule has 0 aromatic carbocycles. The van der Waals surface area contributed by atoms with Crippen molar-refractivity contribution in [3.05, 3.63) is 17.0 Å². The third-order valence-corrected chi connectivity index (χ3v) is 6.95. The van der Waals surface area contributed by atoms with Crippen molar-refractivity contribution in [2.24, 2.45) is 0 Å². The Morgan fingerprint density at radius 3 is 2.90 bits per heavy atom. The van der Waals surface area contributed by atoms with Crippen LogP contribution >= 0.6 is 11.3 Å². The Bertz CT molecular complexity index is 542. The molecule has 114 valence electrons. The Morgan fingerprint density at radius 1 is 1.50 bits per heavy atom. The summed E-state index contributed by atoms with van der Waals surface area (Å²) in [5.74, 6) is 0.